The minimum atomic E-state index is -0.780. The summed E-state index contributed by atoms with van der Waals surface area (Å²) in [7, 11) is 0. The van der Waals surface area contributed by atoms with E-state index in [4.69, 9.17) is 4.74 Å². The zero-order valence-corrected chi connectivity index (χ0v) is 11.2. The summed E-state index contributed by atoms with van der Waals surface area (Å²) in [5, 5.41) is 23.3. The summed E-state index contributed by atoms with van der Waals surface area (Å²) >= 11 is 0. The van der Waals surface area contributed by atoms with Gasteiger partial charge in [-0.1, -0.05) is 0 Å². The largest absolute Gasteiger partial charge is 0.466 e. The molecule has 1 rings (SSSR count). The smallest absolute Gasteiger partial charge is 0.307 e. The number of ether oxygens (including phenoxy) is 1. The van der Waals surface area contributed by atoms with E-state index in [1.54, 1.807) is 6.92 Å². The maximum absolute atomic E-state index is 11.1. The molecule has 0 radical (unpaired) electrons. The Morgan fingerprint density at radius 2 is 2.10 bits per heavy atom. The van der Waals surface area contributed by atoms with Crippen LogP contribution in [-0.2, 0) is 9.53 Å². The van der Waals surface area contributed by atoms with Crippen molar-refractivity contribution in [1.82, 2.24) is 5.32 Å². The van der Waals surface area contributed by atoms with Gasteiger partial charge in [-0.15, -0.1) is 0 Å². The van der Waals surface area contributed by atoms with Gasteiger partial charge in [0, 0.05) is 25.2 Å². The molecule has 7 heteroatoms. The predicted molar refractivity (Wildman–Crippen MR) is 72.2 cm³/mol. The van der Waals surface area contributed by atoms with E-state index in [1.165, 1.54) is 24.3 Å². The fourth-order valence-electron chi connectivity index (χ4n) is 1.60. The Morgan fingerprint density at radius 3 is 2.65 bits per heavy atom. The SMILES string of the molecule is CCOC(=O)CCNCC(O)c1ccc([N+](=O)[O-])cc1. The summed E-state index contributed by atoms with van der Waals surface area (Å²) in [6, 6.07) is 5.71. The highest BCUT2D eigenvalue weighted by atomic mass is 16.6. The van der Waals surface area contributed by atoms with Crippen LogP contribution in [0.3, 0.4) is 0 Å². The van der Waals surface area contributed by atoms with Gasteiger partial charge in [-0.05, 0) is 24.6 Å². The Labute approximate surface area is 116 Å². The number of non-ortho nitro benzene ring substituents is 1. The lowest BCUT2D eigenvalue weighted by molar-refractivity contribution is -0.384. The number of rotatable bonds is 8. The van der Waals surface area contributed by atoms with Crippen LogP contribution in [0.15, 0.2) is 24.3 Å². The van der Waals surface area contributed by atoms with Crippen molar-refractivity contribution in [3.05, 3.63) is 39.9 Å². The van der Waals surface area contributed by atoms with E-state index in [0.29, 0.717) is 18.7 Å². The minimum absolute atomic E-state index is 0.0174. The third-order valence-electron chi connectivity index (χ3n) is 2.64. The van der Waals surface area contributed by atoms with Crippen LogP contribution in [0.1, 0.15) is 25.0 Å². The quantitative estimate of drug-likeness (QED) is 0.321. The topological polar surface area (TPSA) is 102 Å². The minimum Gasteiger partial charge on any atom is -0.466 e. The van der Waals surface area contributed by atoms with Gasteiger partial charge >= 0.3 is 5.97 Å². The lowest BCUT2D eigenvalue weighted by atomic mass is 10.1. The Hall–Kier alpha value is -1.99. The van der Waals surface area contributed by atoms with Crippen molar-refractivity contribution in [3.8, 4) is 0 Å². The number of nitro benzene ring substituents is 1. The van der Waals surface area contributed by atoms with E-state index in [2.05, 4.69) is 5.32 Å². The van der Waals surface area contributed by atoms with Gasteiger partial charge in [-0.2, -0.15) is 0 Å². The lowest BCUT2D eigenvalue weighted by Crippen LogP contribution is -2.24. The molecule has 0 bridgehead atoms. The van der Waals surface area contributed by atoms with Crippen LogP contribution in [0, 0.1) is 10.1 Å². The number of nitrogens with one attached hydrogen (secondary N) is 1. The zero-order valence-electron chi connectivity index (χ0n) is 11.2. The molecule has 0 saturated carbocycles. The van der Waals surface area contributed by atoms with E-state index in [9.17, 15) is 20.0 Å². The number of hydrogen-bond acceptors (Lipinski definition) is 6. The first-order valence-corrected chi connectivity index (χ1v) is 6.33. The molecule has 0 spiro atoms. The van der Waals surface area contributed by atoms with Crippen LogP contribution in [0.5, 0.6) is 0 Å². The lowest BCUT2D eigenvalue weighted by Gasteiger charge is -2.11. The molecule has 0 aliphatic rings. The molecule has 1 unspecified atom stereocenters. The van der Waals surface area contributed by atoms with E-state index in [-0.39, 0.29) is 24.6 Å². The van der Waals surface area contributed by atoms with Crippen LogP contribution in [-0.4, -0.2) is 35.7 Å². The molecule has 110 valence electrons. The molecule has 0 aliphatic carbocycles. The third-order valence-corrected chi connectivity index (χ3v) is 2.64. The van der Waals surface area contributed by atoms with Gasteiger partial charge < -0.3 is 15.2 Å². The number of esters is 1. The van der Waals surface area contributed by atoms with Crippen molar-refractivity contribution in [2.45, 2.75) is 19.4 Å². The first-order chi connectivity index (χ1) is 9.54. The molecule has 7 nitrogen and oxygen atoms in total. The van der Waals surface area contributed by atoms with E-state index in [1.807, 2.05) is 0 Å². The van der Waals surface area contributed by atoms with Gasteiger partial charge in [-0.25, -0.2) is 0 Å². The number of hydrogen-bond donors (Lipinski definition) is 2. The molecule has 0 aromatic heterocycles. The molecule has 0 heterocycles. The van der Waals surface area contributed by atoms with Crippen LogP contribution in [0.2, 0.25) is 0 Å². The summed E-state index contributed by atoms with van der Waals surface area (Å²) in [5.41, 5.74) is 0.565. The summed E-state index contributed by atoms with van der Waals surface area (Å²) < 4.78 is 4.76. The number of carbonyl (C=O) groups excluding carboxylic acids is 1. The van der Waals surface area contributed by atoms with Gasteiger partial charge in [0.2, 0.25) is 0 Å². The second-order valence-electron chi connectivity index (χ2n) is 4.12. The summed E-state index contributed by atoms with van der Waals surface area (Å²) in [5.74, 6) is -0.287. The van der Waals surface area contributed by atoms with Crippen molar-refractivity contribution in [2.24, 2.45) is 0 Å². The summed E-state index contributed by atoms with van der Waals surface area (Å²) in [6.07, 6.45) is -0.543. The molecule has 0 amide bonds. The van der Waals surface area contributed by atoms with Gasteiger partial charge in [0.15, 0.2) is 0 Å². The van der Waals surface area contributed by atoms with Gasteiger partial charge in [0.05, 0.1) is 24.1 Å². The summed E-state index contributed by atoms with van der Waals surface area (Å²) in [6.45, 7) is 2.76. The van der Waals surface area contributed by atoms with Crippen LogP contribution in [0.4, 0.5) is 5.69 Å². The predicted octanol–water partition coefficient (Wildman–Crippen LogP) is 1.17. The highest BCUT2D eigenvalue weighted by Crippen LogP contribution is 2.17. The highest BCUT2D eigenvalue weighted by molar-refractivity contribution is 5.69. The molecule has 1 atom stereocenters. The van der Waals surface area contributed by atoms with E-state index in [0.717, 1.165) is 0 Å². The fraction of sp³-hybridized carbons (Fsp3) is 0.462. The normalized spacial score (nSPS) is 11.9. The number of nitrogens with zero attached hydrogens (tertiary/aromatic N) is 1. The molecule has 2 N–H and O–H groups in total. The van der Waals surface area contributed by atoms with Gasteiger partial charge in [0.25, 0.3) is 5.69 Å². The Balaban J connectivity index is 2.33. The van der Waals surface area contributed by atoms with Crippen molar-refractivity contribution in [2.75, 3.05) is 19.7 Å². The van der Waals surface area contributed by atoms with Crippen LogP contribution in [0.25, 0.3) is 0 Å². The van der Waals surface area contributed by atoms with Crippen molar-refractivity contribution in [1.29, 1.82) is 0 Å². The second-order valence-corrected chi connectivity index (χ2v) is 4.12. The second kappa shape index (κ2) is 8.23. The Kier molecular flexibility index (Phi) is 6.61. The number of aliphatic hydroxyl groups is 1. The average molecular weight is 282 g/mol. The summed E-state index contributed by atoms with van der Waals surface area (Å²) in [4.78, 5) is 21.1. The molecular formula is C13H18N2O5. The first-order valence-electron chi connectivity index (χ1n) is 6.33. The van der Waals surface area contributed by atoms with Crippen molar-refractivity contribution >= 4 is 11.7 Å². The van der Waals surface area contributed by atoms with Gasteiger partial charge in [-0.3, -0.25) is 14.9 Å². The zero-order chi connectivity index (χ0) is 15.0. The number of nitro groups is 1. The average Bonchev–Trinajstić information content (AvgIpc) is 2.43. The highest BCUT2D eigenvalue weighted by Gasteiger charge is 2.10. The van der Waals surface area contributed by atoms with Crippen molar-refractivity contribution in [3.63, 3.8) is 0 Å². The molecule has 1 aromatic rings. The van der Waals surface area contributed by atoms with Crippen molar-refractivity contribution < 1.29 is 19.6 Å². The van der Waals surface area contributed by atoms with E-state index >= 15 is 0 Å². The molecular weight excluding hydrogens is 264 g/mol. The standard InChI is InChI=1S/C13H18N2O5/c1-2-20-13(17)7-8-14-9-12(16)10-3-5-11(6-4-10)15(18)19/h3-6,12,14,16H,2,7-9H2,1H3. The first kappa shape index (κ1) is 16.1. The monoisotopic (exact) mass is 282 g/mol. The van der Waals surface area contributed by atoms with Crippen LogP contribution >= 0.6 is 0 Å². The fourth-order valence-corrected chi connectivity index (χ4v) is 1.60. The van der Waals surface area contributed by atoms with Crippen LogP contribution < -0.4 is 5.32 Å². The molecule has 0 aliphatic heterocycles. The number of benzene rings is 1. The maximum Gasteiger partial charge on any atom is 0.307 e. The molecule has 0 fully saturated rings. The maximum atomic E-state index is 11.1. The Morgan fingerprint density at radius 1 is 1.45 bits per heavy atom. The number of aliphatic hydroxyl groups excluding tert-OH is 1. The van der Waals surface area contributed by atoms with Gasteiger partial charge in [0.1, 0.15) is 0 Å². The third kappa shape index (κ3) is 5.33. The van der Waals surface area contributed by atoms with E-state index < -0.39 is 11.0 Å². The molecule has 0 saturated heterocycles. The molecule has 1 aromatic carbocycles. The Bertz CT molecular complexity index is 447. The number of carbonyl (C=O) groups is 1. The molecule has 20 heavy (non-hydrogen) atoms.